The van der Waals surface area contributed by atoms with Crippen LogP contribution in [0.15, 0.2) is 30.3 Å². The van der Waals surface area contributed by atoms with Crippen molar-refractivity contribution in [3.05, 3.63) is 35.9 Å². The topological polar surface area (TPSA) is 104 Å². The van der Waals surface area contributed by atoms with Crippen LogP contribution in [0.3, 0.4) is 0 Å². The molecule has 1 amide bonds. The van der Waals surface area contributed by atoms with Crippen molar-refractivity contribution >= 4 is 17.8 Å². The number of carbonyl (C=O) groups is 3. The predicted molar refractivity (Wildman–Crippen MR) is 66.8 cm³/mol. The van der Waals surface area contributed by atoms with Crippen molar-refractivity contribution in [1.29, 1.82) is 0 Å². The number of hydrogen-bond acceptors (Lipinski definition) is 3. The van der Waals surface area contributed by atoms with Gasteiger partial charge in [0.1, 0.15) is 0 Å². The lowest BCUT2D eigenvalue weighted by Gasteiger charge is -2.16. The Bertz CT molecular complexity index is 457. The zero-order valence-electron chi connectivity index (χ0n) is 10.2. The van der Waals surface area contributed by atoms with Gasteiger partial charge in [0.15, 0.2) is 0 Å². The van der Waals surface area contributed by atoms with Crippen LogP contribution in [0.5, 0.6) is 0 Å². The van der Waals surface area contributed by atoms with Gasteiger partial charge in [-0.2, -0.15) is 0 Å². The Morgan fingerprint density at radius 2 is 1.68 bits per heavy atom. The fourth-order valence-electron chi connectivity index (χ4n) is 1.59. The van der Waals surface area contributed by atoms with Crippen LogP contribution >= 0.6 is 0 Å². The minimum absolute atomic E-state index is 0.0835. The van der Waals surface area contributed by atoms with Gasteiger partial charge < -0.3 is 15.5 Å². The van der Waals surface area contributed by atoms with E-state index in [1.165, 1.54) is 0 Å². The van der Waals surface area contributed by atoms with Gasteiger partial charge in [-0.1, -0.05) is 18.2 Å². The van der Waals surface area contributed by atoms with E-state index in [2.05, 4.69) is 5.32 Å². The molecular weight excluding hydrogens is 250 g/mol. The number of benzene rings is 1. The molecule has 0 saturated heterocycles. The summed E-state index contributed by atoms with van der Waals surface area (Å²) in [6.07, 6.45) is -0.404. The fraction of sp³-hybridized carbons (Fsp3) is 0.308. The number of carbonyl (C=O) groups excluding carboxylic acids is 1. The number of carboxylic acid groups (broad SMARTS) is 2. The third kappa shape index (κ3) is 5.67. The number of aliphatic carboxylic acids is 2. The highest BCUT2D eigenvalue weighted by Gasteiger charge is 2.17. The van der Waals surface area contributed by atoms with Crippen molar-refractivity contribution in [2.24, 2.45) is 0 Å². The predicted octanol–water partition coefficient (Wildman–Crippen LogP) is 1.12. The van der Waals surface area contributed by atoms with E-state index >= 15 is 0 Å². The van der Waals surface area contributed by atoms with Crippen LogP contribution in [0.4, 0.5) is 0 Å². The van der Waals surface area contributed by atoms with Gasteiger partial charge in [0, 0.05) is 18.0 Å². The van der Waals surface area contributed by atoms with Gasteiger partial charge >= 0.3 is 11.9 Å². The highest BCUT2D eigenvalue weighted by atomic mass is 16.4. The minimum Gasteiger partial charge on any atom is -0.481 e. The summed E-state index contributed by atoms with van der Waals surface area (Å²) in [6.45, 7) is 0. The highest BCUT2D eigenvalue weighted by Crippen LogP contribution is 2.05. The second kappa shape index (κ2) is 7.15. The van der Waals surface area contributed by atoms with Gasteiger partial charge in [0.05, 0.1) is 6.42 Å². The Morgan fingerprint density at radius 1 is 1.05 bits per heavy atom. The van der Waals surface area contributed by atoms with Gasteiger partial charge in [-0.3, -0.25) is 14.4 Å². The molecule has 0 heterocycles. The summed E-state index contributed by atoms with van der Waals surface area (Å²) < 4.78 is 0. The summed E-state index contributed by atoms with van der Waals surface area (Å²) in [7, 11) is 0. The van der Waals surface area contributed by atoms with Crippen molar-refractivity contribution in [2.75, 3.05) is 0 Å². The van der Waals surface area contributed by atoms with Crippen LogP contribution < -0.4 is 5.32 Å². The summed E-state index contributed by atoms with van der Waals surface area (Å²) >= 11 is 0. The lowest BCUT2D eigenvalue weighted by atomic mass is 10.1. The SMILES string of the molecule is O=C(O)CCC(CC(=O)O)NC(=O)c1ccccc1. The summed E-state index contributed by atoms with van der Waals surface area (Å²) in [5, 5.41) is 19.9. The van der Waals surface area contributed by atoms with E-state index in [9.17, 15) is 14.4 Å². The largest absolute Gasteiger partial charge is 0.481 e. The molecule has 0 bridgehead atoms. The van der Waals surface area contributed by atoms with E-state index in [4.69, 9.17) is 10.2 Å². The molecule has 1 rings (SSSR count). The molecule has 0 fully saturated rings. The minimum atomic E-state index is -1.08. The molecule has 102 valence electrons. The first-order valence-electron chi connectivity index (χ1n) is 5.78. The van der Waals surface area contributed by atoms with Crippen molar-refractivity contribution in [1.82, 2.24) is 5.32 Å². The van der Waals surface area contributed by atoms with Gasteiger partial charge in [0.2, 0.25) is 0 Å². The Labute approximate surface area is 110 Å². The summed E-state index contributed by atoms with van der Waals surface area (Å²) in [6, 6.07) is 7.66. The maximum Gasteiger partial charge on any atom is 0.305 e. The Balaban J connectivity index is 2.63. The normalized spacial score (nSPS) is 11.6. The first-order valence-corrected chi connectivity index (χ1v) is 5.78. The molecular formula is C13H15NO5. The van der Waals surface area contributed by atoms with Crippen molar-refractivity contribution in [3.8, 4) is 0 Å². The average Bonchev–Trinajstić information content (AvgIpc) is 2.36. The lowest BCUT2D eigenvalue weighted by Crippen LogP contribution is -2.36. The molecule has 0 aliphatic heterocycles. The third-order valence-corrected chi connectivity index (χ3v) is 2.50. The van der Waals surface area contributed by atoms with Crippen molar-refractivity contribution in [3.63, 3.8) is 0 Å². The smallest absolute Gasteiger partial charge is 0.305 e. The Kier molecular flexibility index (Phi) is 5.53. The van der Waals surface area contributed by atoms with Crippen LogP contribution in [0, 0.1) is 0 Å². The second-order valence-electron chi connectivity index (χ2n) is 4.07. The molecule has 0 radical (unpaired) electrons. The van der Waals surface area contributed by atoms with Crippen molar-refractivity contribution in [2.45, 2.75) is 25.3 Å². The zero-order chi connectivity index (χ0) is 14.3. The monoisotopic (exact) mass is 265 g/mol. The first kappa shape index (κ1) is 14.7. The molecule has 1 unspecified atom stereocenters. The van der Waals surface area contributed by atoms with Crippen LogP contribution in [0.2, 0.25) is 0 Å². The molecule has 19 heavy (non-hydrogen) atoms. The average molecular weight is 265 g/mol. The number of hydrogen-bond donors (Lipinski definition) is 3. The fourth-order valence-corrected chi connectivity index (χ4v) is 1.59. The molecule has 0 aromatic heterocycles. The number of rotatable bonds is 7. The zero-order valence-corrected chi connectivity index (χ0v) is 10.2. The van der Waals surface area contributed by atoms with Gasteiger partial charge in [-0.05, 0) is 18.6 Å². The number of nitrogens with one attached hydrogen (secondary N) is 1. The molecule has 1 aromatic carbocycles. The van der Waals surface area contributed by atoms with Crippen molar-refractivity contribution < 1.29 is 24.6 Å². The molecule has 3 N–H and O–H groups in total. The summed E-state index contributed by atoms with van der Waals surface area (Å²) in [4.78, 5) is 33.0. The summed E-state index contributed by atoms with van der Waals surface area (Å²) in [5.74, 6) is -2.51. The van der Waals surface area contributed by atoms with E-state index < -0.39 is 23.9 Å². The van der Waals surface area contributed by atoms with Crippen LogP contribution in [-0.4, -0.2) is 34.1 Å². The lowest BCUT2D eigenvalue weighted by molar-refractivity contribution is -0.139. The van der Waals surface area contributed by atoms with E-state index in [1.54, 1.807) is 30.3 Å². The van der Waals surface area contributed by atoms with E-state index in [1.807, 2.05) is 0 Å². The Hall–Kier alpha value is -2.37. The maximum absolute atomic E-state index is 11.8. The van der Waals surface area contributed by atoms with Gasteiger partial charge in [-0.25, -0.2) is 0 Å². The molecule has 6 heteroatoms. The molecule has 6 nitrogen and oxygen atoms in total. The van der Waals surface area contributed by atoms with Crippen LogP contribution in [0.1, 0.15) is 29.6 Å². The highest BCUT2D eigenvalue weighted by molar-refractivity contribution is 5.94. The first-order chi connectivity index (χ1) is 8.99. The van der Waals surface area contributed by atoms with E-state index in [0.29, 0.717) is 5.56 Å². The quantitative estimate of drug-likeness (QED) is 0.685. The van der Waals surface area contributed by atoms with E-state index in [0.717, 1.165) is 0 Å². The van der Waals surface area contributed by atoms with Gasteiger partial charge in [0.25, 0.3) is 5.91 Å². The van der Waals surface area contributed by atoms with Gasteiger partial charge in [-0.15, -0.1) is 0 Å². The molecule has 0 aliphatic carbocycles. The van der Waals surface area contributed by atoms with E-state index in [-0.39, 0.29) is 19.3 Å². The number of amides is 1. The molecule has 0 spiro atoms. The maximum atomic E-state index is 11.8. The molecule has 1 atom stereocenters. The molecule has 0 saturated carbocycles. The molecule has 0 aliphatic rings. The van der Waals surface area contributed by atoms with Crippen LogP contribution in [-0.2, 0) is 9.59 Å². The molecule has 1 aromatic rings. The second-order valence-corrected chi connectivity index (χ2v) is 4.07. The summed E-state index contributed by atoms with van der Waals surface area (Å²) in [5.41, 5.74) is 0.410. The standard InChI is InChI=1S/C13H15NO5/c15-11(16)7-6-10(8-12(17)18)14-13(19)9-4-2-1-3-5-9/h1-5,10H,6-8H2,(H,14,19)(H,15,16)(H,17,18). The van der Waals surface area contributed by atoms with Crippen LogP contribution in [0.25, 0.3) is 0 Å². The Morgan fingerprint density at radius 3 is 2.21 bits per heavy atom. The number of carboxylic acids is 2. The third-order valence-electron chi connectivity index (χ3n) is 2.50.